The van der Waals surface area contributed by atoms with Crippen LogP contribution in [-0.2, 0) is 14.3 Å². The highest BCUT2D eigenvalue weighted by molar-refractivity contribution is 5.98. The normalized spacial score (nSPS) is 11.5. The molecule has 0 bridgehead atoms. The van der Waals surface area contributed by atoms with E-state index in [1.165, 1.54) is 6.92 Å². The lowest BCUT2D eigenvalue weighted by atomic mass is 10.1. The fourth-order valence-corrected chi connectivity index (χ4v) is 2.81. The molecule has 0 radical (unpaired) electrons. The number of carbonyl (C=O) groups is 3. The molecule has 2 rings (SSSR count). The largest absolute Gasteiger partial charge is 0.494 e. The van der Waals surface area contributed by atoms with E-state index in [1.54, 1.807) is 24.3 Å². The lowest BCUT2D eigenvalue weighted by Crippen LogP contribution is -2.30. The van der Waals surface area contributed by atoms with Crippen LogP contribution in [0.4, 0.5) is 5.69 Å². The summed E-state index contributed by atoms with van der Waals surface area (Å²) in [7, 11) is 0. The van der Waals surface area contributed by atoms with Gasteiger partial charge in [0.05, 0.1) is 13.0 Å². The number of esters is 1. The second-order valence-corrected chi connectivity index (χ2v) is 7.24. The lowest BCUT2D eigenvalue weighted by molar-refractivity contribution is -0.153. The predicted molar refractivity (Wildman–Crippen MR) is 116 cm³/mol. The van der Waals surface area contributed by atoms with Crippen molar-refractivity contribution in [1.82, 2.24) is 0 Å². The minimum absolute atomic E-state index is 0.0133. The van der Waals surface area contributed by atoms with Crippen molar-refractivity contribution in [3.8, 4) is 5.75 Å². The van der Waals surface area contributed by atoms with Gasteiger partial charge in [0.25, 0.3) is 5.91 Å². The molecule has 1 atom stereocenters. The molecule has 0 aliphatic rings. The van der Waals surface area contributed by atoms with Gasteiger partial charge < -0.3 is 14.8 Å². The lowest BCUT2D eigenvalue weighted by Gasteiger charge is -2.15. The van der Waals surface area contributed by atoms with Crippen LogP contribution >= 0.6 is 0 Å². The Morgan fingerprint density at radius 1 is 1.00 bits per heavy atom. The molecule has 0 saturated heterocycles. The van der Waals surface area contributed by atoms with Gasteiger partial charge in [-0.25, -0.2) is 0 Å². The second kappa shape index (κ2) is 11.1. The van der Waals surface area contributed by atoms with Crippen molar-refractivity contribution in [1.29, 1.82) is 0 Å². The zero-order valence-electron chi connectivity index (χ0n) is 18.0. The standard InChI is InChI=1S/C24H29NO5/c1-5-14-29-20-9-7-19(8-10-20)22(26)12-13-23(27)30-18(4)24(28)25-21-11-6-16(2)15-17(21)3/h6-11,15,18H,5,12-14H2,1-4H3,(H,25,28)/t18-/m1/s1. The van der Waals surface area contributed by atoms with Crippen LogP contribution in [0.2, 0.25) is 0 Å². The number of rotatable bonds is 10. The SMILES string of the molecule is CCCOc1ccc(C(=O)CCC(=O)O[C@H](C)C(=O)Nc2ccc(C)cc2C)cc1. The van der Waals surface area contributed by atoms with Crippen LogP contribution in [0, 0.1) is 13.8 Å². The van der Waals surface area contributed by atoms with E-state index in [-0.39, 0.29) is 18.6 Å². The first-order valence-corrected chi connectivity index (χ1v) is 10.1. The third-order valence-electron chi connectivity index (χ3n) is 4.52. The Balaban J connectivity index is 1.80. The number of ether oxygens (including phenoxy) is 2. The van der Waals surface area contributed by atoms with Gasteiger partial charge in [0.1, 0.15) is 5.75 Å². The summed E-state index contributed by atoms with van der Waals surface area (Å²) in [5, 5.41) is 2.76. The van der Waals surface area contributed by atoms with E-state index < -0.39 is 18.0 Å². The molecule has 0 aliphatic carbocycles. The molecule has 0 aliphatic heterocycles. The second-order valence-electron chi connectivity index (χ2n) is 7.24. The molecule has 0 heterocycles. The van der Waals surface area contributed by atoms with Crippen molar-refractivity contribution in [3.63, 3.8) is 0 Å². The summed E-state index contributed by atoms with van der Waals surface area (Å²) in [6.45, 7) is 8.01. The number of amides is 1. The molecule has 6 heteroatoms. The molecule has 0 spiro atoms. The summed E-state index contributed by atoms with van der Waals surface area (Å²) < 4.78 is 10.7. The number of Topliss-reactive ketones (excluding diaryl/α,β-unsaturated/α-hetero) is 1. The Labute approximate surface area is 177 Å². The van der Waals surface area contributed by atoms with Gasteiger partial charge in [0.2, 0.25) is 0 Å². The Bertz CT molecular complexity index is 889. The van der Waals surface area contributed by atoms with Crippen molar-refractivity contribution in [2.45, 2.75) is 53.1 Å². The third-order valence-corrected chi connectivity index (χ3v) is 4.52. The van der Waals surface area contributed by atoms with Crippen molar-refractivity contribution in [2.75, 3.05) is 11.9 Å². The zero-order chi connectivity index (χ0) is 22.1. The van der Waals surface area contributed by atoms with Gasteiger partial charge in [-0.2, -0.15) is 0 Å². The van der Waals surface area contributed by atoms with Gasteiger partial charge in [0.15, 0.2) is 11.9 Å². The van der Waals surface area contributed by atoms with E-state index in [0.717, 1.165) is 17.5 Å². The van der Waals surface area contributed by atoms with Crippen LogP contribution in [0.1, 0.15) is 54.6 Å². The van der Waals surface area contributed by atoms with Crippen LogP contribution in [0.15, 0.2) is 42.5 Å². The summed E-state index contributed by atoms with van der Waals surface area (Å²) in [5.41, 5.74) is 3.21. The van der Waals surface area contributed by atoms with Crippen molar-refractivity contribution < 1.29 is 23.9 Å². The fraction of sp³-hybridized carbons (Fsp3) is 0.375. The first-order valence-electron chi connectivity index (χ1n) is 10.1. The maximum atomic E-state index is 12.3. The predicted octanol–water partition coefficient (Wildman–Crippen LogP) is 4.63. The van der Waals surface area contributed by atoms with Crippen LogP contribution < -0.4 is 10.1 Å². The monoisotopic (exact) mass is 411 g/mol. The van der Waals surface area contributed by atoms with Gasteiger partial charge >= 0.3 is 5.97 Å². The van der Waals surface area contributed by atoms with Crippen LogP contribution in [0.25, 0.3) is 0 Å². The Morgan fingerprint density at radius 2 is 1.70 bits per heavy atom. The summed E-state index contributed by atoms with van der Waals surface area (Å²) in [6, 6.07) is 12.5. The Kier molecular flexibility index (Phi) is 8.59. The average molecular weight is 411 g/mol. The number of ketones is 1. The van der Waals surface area contributed by atoms with E-state index in [4.69, 9.17) is 9.47 Å². The highest BCUT2D eigenvalue weighted by Crippen LogP contribution is 2.17. The molecule has 2 aromatic carbocycles. The first-order chi connectivity index (χ1) is 14.3. The molecular formula is C24H29NO5. The number of nitrogens with one attached hydrogen (secondary N) is 1. The maximum absolute atomic E-state index is 12.3. The highest BCUT2D eigenvalue weighted by Gasteiger charge is 2.19. The summed E-state index contributed by atoms with van der Waals surface area (Å²) >= 11 is 0. The maximum Gasteiger partial charge on any atom is 0.307 e. The number of hydrogen-bond donors (Lipinski definition) is 1. The molecule has 0 unspecified atom stereocenters. The minimum atomic E-state index is -0.955. The molecule has 1 amide bonds. The molecule has 0 fully saturated rings. The fourth-order valence-electron chi connectivity index (χ4n) is 2.81. The third kappa shape index (κ3) is 7.03. The van der Waals surface area contributed by atoms with Crippen LogP contribution in [-0.4, -0.2) is 30.4 Å². The van der Waals surface area contributed by atoms with Crippen molar-refractivity contribution in [2.24, 2.45) is 0 Å². The van der Waals surface area contributed by atoms with E-state index in [0.29, 0.717) is 23.6 Å². The van der Waals surface area contributed by atoms with Crippen LogP contribution in [0.5, 0.6) is 5.75 Å². The van der Waals surface area contributed by atoms with Gasteiger partial charge in [0, 0.05) is 17.7 Å². The van der Waals surface area contributed by atoms with Gasteiger partial charge in [-0.3, -0.25) is 14.4 Å². The Hall–Kier alpha value is -3.15. The number of carbonyl (C=O) groups excluding carboxylic acids is 3. The minimum Gasteiger partial charge on any atom is -0.494 e. The molecule has 0 saturated carbocycles. The van der Waals surface area contributed by atoms with E-state index >= 15 is 0 Å². The summed E-state index contributed by atoms with van der Waals surface area (Å²) in [5.74, 6) is -0.461. The first kappa shape index (κ1) is 23.1. The smallest absolute Gasteiger partial charge is 0.307 e. The highest BCUT2D eigenvalue weighted by atomic mass is 16.5. The number of anilines is 1. The molecule has 30 heavy (non-hydrogen) atoms. The number of benzene rings is 2. The van der Waals surface area contributed by atoms with E-state index in [1.807, 2.05) is 39.0 Å². The van der Waals surface area contributed by atoms with Crippen molar-refractivity contribution in [3.05, 3.63) is 59.2 Å². The summed E-state index contributed by atoms with van der Waals surface area (Å²) in [4.78, 5) is 36.6. The van der Waals surface area contributed by atoms with Gasteiger partial charge in [-0.05, 0) is 63.1 Å². The molecule has 1 N–H and O–H groups in total. The summed E-state index contributed by atoms with van der Waals surface area (Å²) in [6.07, 6.45) is -0.125. The molecule has 2 aromatic rings. The number of hydrogen-bond acceptors (Lipinski definition) is 5. The topological polar surface area (TPSA) is 81.7 Å². The van der Waals surface area contributed by atoms with E-state index in [9.17, 15) is 14.4 Å². The quantitative estimate of drug-likeness (QED) is 0.455. The van der Waals surface area contributed by atoms with Crippen molar-refractivity contribution >= 4 is 23.3 Å². The number of aryl methyl sites for hydroxylation is 2. The average Bonchev–Trinajstić information content (AvgIpc) is 2.72. The van der Waals surface area contributed by atoms with E-state index in [2.05, 4.69) is 5.32 Å². The molecule has 160 valence electrons. The Morgan fingerprint density at radius 3 is 2.33 bits per heavy atom. The molecule has 6 nitrogen and oxygen atoms in total. The zero-order valence-corrected chi connectivity index (χ0v) is 18.0. The van der Waals surface area contributed by atoms with Gasteiger partial charge in [-0.1, -0.05) is 24.6 Å². The van der Waals surface area contributed by atoms with Gasteiger partial charge in [-0.15, -0.1) is 0 Å². The molecule has 0 aromatic heterocycles. The van der Waals surface area contributed by atoms with Crippen LogP contribution in [0.3, 0.4) is 0 Å². The molecular weight excluding hydrogens is 382 g/mol.